The summed E-state index contributed by atoms with van der Waals surface area (Å²) in [6.45, 7) is 2.54. The van der Waals surface area contributed by atoms with Crippen LogP contribution >= 0.6 is 0 Å². The highest BCUT2D eigenvalue weighted by molar-refractivity contribution is 5.44. The van der Waals surface area contributed by atoms with E-state index in [0.717, 1.165) is 11.1 Å². The highest BCUT2D eigenvalue weighted by Crippen LogP contribution is 2.28. The molecule has 0 saturated heterocycles. The van der Waals surface area contributed by atoms with Crippen molar-refractivity contribution in [2.75, 3.05) is 7.11 Å². The molecule has 22 heavy (non-hydrogen) atoms. The molecule has 2 rings (SSSR count). The Labute approximate surface area is 137 Å². The van der Waals surface area contributed by atoms with Crippen molar-refractivity contribution in [1.29, 1.82) is 0 Å². The second-order valence-corrected chi connectivity index (χ2v) is 5.12. The van der Waals surface area contributed by atoms with Gasteiger partial charge in [-0.2, -0.15) is 0 Å². The summed E-state index contributed by atoms with van der Waals surface area (Å²) in [6.07, 6.45) is -0.543. The van der Waals surface area contributed by atoms with E-state index in [1.54, 1.807) is 6.07 Å². The van der Waals surface area contributed by atoms with Gasteiger partial charge >= 0.3 is 0 Å². The standard InChI is InChI=1S/C17H21NO3.ClH/c1-12(16(19)13-7-4-3-5-8-13)18-11-14-9-6-10-15(21-2)17(14)20;/h3-10,12,16,18-20H,11H2,1-2H3;1H. The number of quaternary nitrogens is 1. The maximum Gasteiger partial charge on any atom is 0.166 e. The molecule has 2 aromatic carbocycles. The fourth-order valence-corrected chi connectivity index (χ4v) is 2.29. The van der Waals surface area contributed by atoms with Crippen LogP contribution in [0.25, 0.3) is 0 Å². The summed E-state index contributed by atoms with van der Waals surface area (Å²) in [5, 5.41) is 22.4. The average Bonchev–Trinajstić information content (AvgIpc) is 2.53. The van der Waals surface area contributed by atoms with Crippen LogP contribution < -0.4 is 22.5 Å². The van der Waals surface area contributed by atoms with Gasteiger partial charge in [-0.3, -0.25) is 0 Å². The molecule has 0 aromatic heterocycles. The van der Waals surface area contributed by atoms with Crippen molar-refractivity contribution in [3.05, 3.63) is 59.7 Å². The van der Waals surface area contributed by atoms with E-state index < -0.39 is 6.10 Å². The Hall–Kier alpha value is -1.75. The fraction of sp³-hybridized carbons (Fsp3) is 0.294. The topological polar surface area (TPSA) is 66.3 Å². The lowest BCUT2D eigenvalue weighted by Crippen LogP contribution is -3.00. The molecule has 2 unspecified atom stereocenters. The highest BCUT2D eigenvalue weighted by Gasteiger charge is 2.19. The molecule has 2 atom stereocenters. The SMILES string of the molecule is COc1cccc(C[NH2+]C(C)C(O)c2ccccc2)c1O.[Cl-]. The minimum atomic E-state index is -0.543. The molecular weight excluding hydrogens is 302 g/mol. The Morgan fingerprint density at radius 3 is 2.41 bits per heavy atom. The molecule has 120 valence electrons. The van der Waals surface area contributed by atoms with Crippen molar-refractivity contribution in [3.8, 4) is 11.5 Å². The molecule has 0 saturated carbocycles. The van der Waals surface area contributed by atoms with Crippen molar-refractivity contribution >= 4 is 0 Å². The first-order valence-corrected chi connectivity index (χ1v) is 7.04. The average molecular weight is 324 g/mol. The molecular formula is C17H22ClNO3. The number of phenols is 1. The van der Waals surface area contributed by atoms with E-state index >= 15 is 0 Å². The summed E-state index contributed by atoms with van der Waals surface area (Å²) in [6, 6.07) is 15.0. The van der Waals surface area contributed by atoms with Gasteiger partial charge in [-0.1, -0.05) is 36.4 Å². The van der Waals surface area contributed by atoms with Gasteiger partial charge in [0.15, 0.2) is 11.5 Å². The Kier molecular flexibility index (Phi) is 7.18. The lowest BCUT2D eigenvalue weighted by Gasteiger charge is -2.18. The summed E-state index contributed by atoms with van der Waals surface area (Å²) < 4.78 is 5.10. The number of benzene rings is 2. The zero-order chi connectivity index (χ0) is 15.2. The molecule has 0 fully saturated rings. The number of aliphatic hydroxyl groups is 1. The Bertz CT molecular complexity index is 577. The summed E-state index contributed by atoms with van der Waals surface area (Å²) in [7, 11) is 1.53. The molecule has 5 heteroatoms. The summed E-state index contributed by atoms with van der Waals surface area (Å²) in [5.74, 6) is 0.634. The number of hydrogen-bond acceptors (Lipinski definition) is 3. The van der Waals surface area contributed by atoms with Crippen molar-refractivity contribution in [1.82, 2.24) is 0 Å². The van der Waals surface area contributed by atoms with Crippen molar-refractivity contribution in [3.63, 3.8) is 0 Å². The Morgan fingerprint density at radius 1 is 1.09 bits per heavy atom. The summed E-state index contributed by atoms with van der Waals surface area (Å²) in [4.78, 5) is 0. The molecule has 2 aromatic rings. The van der Waals surface area contributed by atoms with Gasteiger partial charge in [0.2, 0.25) is 0 Å². The second-order valence-electron chi connectivity index (χ2n) is 5.12. The third kappa shape index (κ3) is 4.37. The minimum Gasteiger partial charge on any atom is -1.00 e. The number of nitrogens with two attached hydrogens (primary N) is 1. The number of aromatic hydroxyl groups is 1. The summed E-state index contributed by atoms with van der Waals surface area (Å²) >= 11 is 0. The van der Waals surface area contributed by atoms with Gasteiger partial charge < -0.3 is 32.7 Å². The predicted molar refractivity (Wildman–Crippen MR) is 81.2 cm³/mol. The smallest absolute Gasteiger partial charge is 0.166 e. The number of aliphatic hydroxyl groups excluding tert-OH is 1. The van der Waals surface area contributed by atoms with Crippen molar-refractivity contribution in [2.45, 2.75) is 25.6 Å². The van der Waals surface area contributed by atoms with Crippen molar-refractivity contribution in [2.24, 2.45) is 0 Å². The Balaban J connectivity index is 0.00000242. The van der Waals surface area contributed by atoms with E-state index in [4.69, 9.17) is 4.74 Å². The molecule has 0 spiro atoms. The van der Waals surface area contributed by atoms with Crippen LogP contribution in [0.4, 0.5) is 0 Å². The molecule has 0 radical (unpaired) electrons. The highest BCUT2D eigenvalue weighted by atomic mass is 35.5. The molecule has 0 aliphatic carbocycles. The molecule has 0 heterocycles. The number of rotatable bonds is 6. The maximum atomic E-state index is 10.3. The molecule has 0 aliphatic heterocycles. The van der Waals surface area contributed by atoms with Crippen LogP contribution in [-0.4, -0.2) is 23.4 Å². The van der Waals surface area contributed by atoms with Gasteiger partial charge in [-0.15, -0.1) is 0 Å². The third-order valence-corrected chi connectivity index (χ3v) is 3.65. The van der Waals surface area contributed by atoms with E-state index in [2.05, 4.69) is 0 Å². The number of halogens is 1. The van der Waals surface area contributed by atoms with Crippen LogP contribution in [-0.2, 0) is 6.54 Å². The number of methoxy groups -OCH3 is 1. The van der Waals surface area contributed by atoms with Gasteiger partial charge in [0.25, 0.3) is 0 Å². The third-order valence-electron chi connectivity index (χ3n) is 3.65. The van der Waals surface area contributed by atoms with Gasteiger partial charge in [0.1, 0.15) is 18.7 Å². The van der Waals surface area contributed by atoms with Crippen LogP contribution in [0.3, 0.4) is 0 Å². The van der Waals surface area contributed by atoms with E-state index in [9.17, 15) is 10.2 Å². The largest absolute Gasteiger partial charge is 1.00 e. The second kappa shape index (κ2) is 8.63. The van der Waals surface area contributed by atoms with E-state index in [1.807, 2.05) is 54.7 Å². The van der Waals surface area contributed by atoms with E-state index in [1.165, 1.54) is 7.11 Å². The monoisotopic (exact) mass is 323 g/mol. The molecule has 4 nitrogen and oxygen atoms in total. The van der Waals surface area contributed by atoms with Gasteiger partial charge in [-0.25, -0.2) is 0 Å². The predicted octanol–water partition coefficient (Wildman–Crippen LogP) is -1.41. The molecule has 4 N–H and O–H groups in total. The van der Waals surface area contributed by atoms with Crippen LogP contribution in [0.2, 0.25) is 0 Å². The molecule has 0 aliphatic rings. The van der Waals surface area contributed by atoms with E-state index in [-0.39, 0.29) is 24.2 Å². The van der Waals surface area contributed by atoms with Crippen LogP contribution in [0.1, 0.15) is 24.2 Å². The normalized spacial score (nSPS) is 13.0. The number of hydrogen-bond donors (Lipinski definition) is 3. The number of ether oxygens (including phenoxy) is 1. The summed E-state index contributed by atoms with van der Waals surface area (Å²) in [5.41, 5.74) is 1.69. The van der Waals surface area contributed by atoms with Gasteiger partial charge in [0.05, 0.1) is 12.7 Å². The van der Waals surface area contributed by atoms with Crippen LogP contribution in [0.5, 0.6) is 11.5 Å². The maximum absolute atomic E-state index is 10.3. The van der Waals surface area contributed by atoms with Gasteiger partial charge in [-0.05, 0) is 24.6 Å². The van der Waals surface area contributed by atoms with Gasteiger partial charge in [0, 0.05) is 0 Å². The van der Waals surface area contributed by atoms with Crippen LogP contribution in [0, 0.1) is 0 Å². The van der Waals surface area contributed by atoms with Crippen LogP contribution in [0.15, 0.2) is 48.5 Å². The zero-order valence-electron chi connectivity index (χ0n) is 12.7. The number of para-hydroxylation sites is 1. The van der Waals surface area contributed by atoms with E-state index in [0.29, 0.717) is 12.3 Å². The first kappa shape index (κ1) is 18.3. The first-order chi connectivity index (χ1) is 10.1. The Morgan fingerprint density at radius 2 is 1.77 bits per heavy atom. The number of phenolic OH excluding ortho intramolecular Hbond substituents is 1. The minimum absolute atomic E-state index is 0. The lowest BCUT2D eigenvalue weighted by atomic mass is 10.0. The molecule has 0 bridgehead atoms. The zero-order valence-corrected chi connectivity index (χ0v) is 13.5. The lowest BCUT2D eigenvalue weighted by molar-refractivity contribution is -0.709. The fourth-order valence-electron chi connectivity index (χ4n) is 2.29. The molecule has 0 amide bonds. The van der Waals surface area contributed by atoms with Crippen molar-refractivity contribution < 1.29 is 32.7 Å². The quantitative estimate of drug-likeness (QED) is 0.612. The first-order valence-electron chi connectivity index (χ1n) is 7.04.